The van der Waals surface area contributed by atoms with Crippen LogP contribution in [0.2, 0.25) is 0 Å². The van der Waals surface area contributed by atoms with Crippen molar-refractivity contribution in [2.45, 2.75) is 25.8 Å². The van der Waals surface area contributed by atoms with Crippen LogP contribution in [0.3, 0.4) is 0 Å². The van der Waals surface area contributed by atoms with Gasteiger partial charge < -0.3 is 4.90 Å². The van der Waals surface area contributed by atoms with Gasteiger partial charge in [0.1, 0.15) is 0 Å². The van der Waals surface area contributed by atoms with Gasteiger partial charge in [-0.2, -0.15) is 0 Å². The van der Waals surface area contributed by atoms with E-state index in [0.29, 0.717) is 24.2 Å². The zero-order chi connectivity index (χ0) is 18.9. The van der Waals surface area contributed by atoms with Crippen molar-refractivity contribution in [3.8, 4) is 0 Å². The van der Waals surface area contributed by atoms with Gasteiger partial charge in [-0.25, -0.2) is 8.78 Å². The van der Waals surface area contributed by atoms with Crippen LogP contribution in [0.5, 0.6) is 0 Å². The first-order valence-corrected chi connectivity index (χ1v) is 9.41. The molecule has 2 aromatic rings. The molecule has 142 valence electrons. The first-order chi connectivity index (χ1) is 13.1. The van der Waals surface area contributed by atoms with Crippen LogP contribution in [0.25, 0.3) is 0 Å². The monoisotopic (exact) mass is 371 g/mol. The van der Waals surface area contributed by atoms with Gasteiger partial charge in [0.2, 0.25) is 0 Å². The number of pyridine rings is 1. The largest absolute Gasteiger partial charge is 0.338 e. The zero-order valence-corrected chi connectivity index (χ0v) is 15.2. The second kappa shape index (κ2) is 7.35. The van der Waals surface area contributed by atoms with Crippen molar-refractivity contribution >= 4 is 5.91 Å². The van der Waals surface area contributed by atoms with Crippen LogP contribution >= 0.6 is 0 Å². The second-order valence-corrected chi connectivity index (χ2v) is 7.75. The van der Waals surface area contributed by atoms with E-state index in [2.05, 4.69) is 9.88 Å². The Labute approximate surface area is 157 Å². The third kappa shape index (κ3) is 3.72. The van der Waals surface area contributed by atoms with E-state index < -0.39 is 11.6 Å². The van der Waals surface area contributed by atoms with Crippen LogP contribution in [0.4, 0.5) is 8.78 Å². The molecule has 0 radical (unpaired) electrons. The van der Waals surface area contributed by atoms with E-state index in [-0.39, 0.29) is 11.3 Å². The van der Waals surface area contributed by atoms with Crippen LogP contribution in [0, 0.1) is 17.0 Å². The number of hydrogen-bond donors (Lipinski definition) is 0. The van der Waals surface area contributed by atoms with Gasteiger partial charge in [0.25, 0.3) is 5.91 Å². The summed E-state index contributed by atoms with van der Waals surface area (Å²) in [4.78, 5) is 20.8. The maximum absolute atomic E-state index is 14.0. The summed E-state index contributed by atoms with van der Waals surface area (Å²) in [5.41, 5.74) is 1.05. The normalized spacial score (nSPS) is 23.1. The lowest BCUT2D eigenvalue weighted by Gasteiger charge is -2.40. The number of carbonyl (C=O) groups excluding carboxylic acids is 1. The van der Waals surface area contributed by atoms with Gasteiger partial charge in [-0.15, -0.1) is 0 Å². The minimum Gasteiger partial charge on any atom is -0.338 e. The standard InChI is InChI=1S/C21H23F2N3O/c22-18-6-1-4-17(19(18)23)13-25-10-3-7-21(14-25)8-11-26(15-21)20(27)16-5-2-9-24-12-16/h1-2,4-6,9,12H,3,7-8,10-11,13-15H2/t21-/m0/s1. The first-order valence-electron chi connectivity index (χ1n) is 9.41. The topological polar surface area (TPSA) is 36.4 Å². The Morgan fingerprint density at radius 2 is 2.00 bits per heavy atom. The fraction of sp³-hybridized carbons (Fsp3) is 0.429. The fourth-order valence-electron chi connectivity index (χ4n) is 4.47. The van der Waals surface area contributed by atoms with E-state index in [4.69, 9.17) is 0 Å². The Morgan fingerprint density at radius 1 is 1.11 bits per heavy atom. The summed E-state index contributed by atoms with van der Waals surface area (Å²) in [6, 6.07) is 7.91. The molecule has 0 saturated carbocycles. The highest BCUT2D eigenvalue weighted by molar-refractivity contribution is 5.94. The highest BCUT2D eigenvalue weighted by Crippen LogP contribution is 2.39. The molecule has 1 atom stereocenters. The van der Waals surface area contributed by atoms with E-state index in [1.54, 1.807) is 36.7 Å². The van der Waals surface area contributed by atoms with E-state index in [0.717, 1.165) is 45.0 Å². The van der Waals surface area contributed by atoms with Crippen molar-refractivity contribution in [1.29, 1.82) is 0 Å². The predicted octanol–water partition coefficient (Wildman–Crippen LogP) is 3.49. The van der Waals surface area contributed by atoms with Crippen molar-refractivity contribution in [3.63, 3.8) is 0 Å². The van der Waals surface area contributed by atoms with Gasteiger partial charge in [0, 0.05) is 49.6 Å². The van der Waals surface area contributed by atoms with Crippen LogP contribution in [0.1, 0.15) is 35.2 Å². The molecule has 1 aromatic heterocycles. The Morgan fingerprint density at radius 3 is 2.81 bits per heavy atom. The Balaban J connectivity index is 1.43. The average molecular weight is 371 g/mol. The van der Waals surface area contributed by atoms with E-state index in [1.807, 2.05) is 4.90 Å². The Bertz CT molecular complexity index is 829. The number of aromatic nitrogens is 1. The SMILES string of the molecule is O=C(c1cccnc1)N1CC[C@]2(CCCN(Cc3cccc(F)c3F)C2)C1. The summed E-state index contributed by atoms with van der Waals surface area (Å²) in [5.74, 6) is -1.53. The average Bonchev–Trinajstić information content (AvgIpc) is 3.09. The van der Waals surface area contributed by atoms with Crippen molar-refractivity contribution in [2.75, 3.05) is 26.2 Å². The van der Waals surface area contributed by atoms with Gasteiger partial charge in [-0.1, -0.05) is 12.1 Å². The Kier molecular flexibility index (Phi) is 4.91. The van der Waals surface area contributed by atoms with Crippen molar-refractivity contribution < 1.29 is 13.6 Å². The van der Waals surface area contributed by atoms with Gasteiger partial charge in [-0.05, 0) is 44.0 Å². The number of nitrogens with zero attached hydrogens (tertiary/aromatic N) is 3. The number of piperidine rings is 1. The van der Waals surface area contributed by atoms with Gasteiger partial charge in [-0.3, -0.25) is 14.7 Å². The summed E-state index contributed by atoms with van der Waals surface area (Å²) in [6.45, 7) is 3.52. The molecule has 1 spiro atoms. The number of amides is 1. The molecule has 0 bridgehead atoms. The first kappa shape index (κ1) is 18.0. The van der Waals surface area contributed by atoms with E-state index in [1.165, 1.54) is 0 Å². The highest BCUT2D eigenvalue weighted by Gasteiger charge is 2.42. The number of likely N-dealkylation sites (tertiary alicyclic amines) is 2. The van der Waals surface area contributed by atoms with Gasteiger partial charge >= 0.3 is 0 Å². The van der Waals surface area contributed by atoms with Crippen LogP contribution in [0.15, 0.2) is 42.7 Å². The smallest absolute Gasteiger partial charge is 0.255 e. The number of carbonyl (C=O) groups is 1. The summed E-state index contributed by atoms with van der Waals surface area (Å²) >= 11 is 0. The molecule has 2 aliphatic rings. The van der Waals surface area contributed by atoms with Crippen LogP contribution in [-0.4, -0.2) is 46.9 Å². The molecule has 2 saturated heterocycles. The summed E-state index contributed by atoms with van der Waals surface area (Å²) in [6.07, 6.45) is 6.28. The molecule has 4 nitrogen and oxygen atoms in total. The van der Waals surface area contributed by atoms with Crippen molar-refractivity contribution in [2.24, 2.45) is 5.41 Å². The number of benzene rings is 1. The second-order valence-electron chi connectivity index (χ2n) is 7.75. The highest BCUT2D eigenvalue weighted by atomic mass is 19.2. The molecule has 0 N–H and O–H groups in total. The van der Waals surface area contributed by atoms with Crippen LogP contribution < -0.4 is 0 Å². The van der Waals surface area contributed by atoms with Crippen molar-refractivity contribution in [3.05, 3.63) is 65.5 Å². The molecule has 0 unspecified atom stereocenters. The lowest BCUT2D eigenvalue weighted by Crippen LogP contribution is -2.45. The summed E-state index contributed by atoms with van der Waals surface area (Å²) < 4.78 is 27.5. The molecular weight excluding hydrogens is 348 g/mol. The minimum atomic E-state index is -0.798. The van der Waals surface area contributed by atoms with E-state index >= 15 is 0 Å². The fourth-order valence-corrected chi connectivity index (χ4v) is 4.47. The molecule has 3 heterocycles. The summed E-state index contributed by atoms with van der Waals surface area (Å²) in [5, 5.41) is 0. The molecule has 1 amide bonds. The molecule has 2 fully saturated rings. The van der Waals surface area contributed by atoms with Gasteiger partial charge in [0.15, 0.2) is 11.6 Å². The molecular formula is C21H23F2N3O. The summed E-state index contributed by atoms with van der Waals surface area (Å²) in [7, 11) is 0. The maximum atomic E-state index is 14.0. The third-order valence-electron chi connectivity index (χ3n) is 5.80. The predicted molar refractivity (Wildman–Crippen MR) is 98.1 cm³/mol. The number of halogens is 2. The Hall–Kier alpha value is -2.34. The van der Waals surface area contributed by atoms with Crippen molar-refractivity contribution in [1.82, 2.24) is 14.8 Å². The third-order valence-corrected chi connectivity index (χ3v) is 5.80. The van der Waals surface area contributed by atoms with E-state index in [9.17, 15) is 13.6 Å². The van der Waals surface area contributed by atoms with Crippen LogP contribution in [-0.2, 0) is 6.54 Å². The lowest BCUT2D eigenvalue weighted by molar-refractivity contribution is 0.0672. The molecule has 2 aliphatic heterocycles. The zero-order valence-electron chi connectivity index (χ0n) is 15.2. The minimum absolute atomic E-state index is 0.0215. The molecule has 6 heteroatoms. The molecule has 1 aromatic carbocycles. The number of hydrogen-bond acceptors (Lipinski definition) is 3. The lowest BCUT2D eigenvalue weighted by atomic mass is 9.79. The number of rotatable bonds is 3. The van der Waals surface area contributed by atoms with Gasteiger partial charge in [0.05, 0.1) is 5.56 Å². The molecule has 4 rings (SSSR count). The maximum Gasteiger partial charge on any atom is 0.255 e. The molecule has 0 aliphatic carbocycles. The quantitative estimate of drug-likeness (QED) is 0.829. The molecule has 27 heavy (non-hydrogen) atoms.